The van der Waals surface area contributed by atoms with E-state index in [-0.39, 0.29) is 0 Å². The lowest BCUT2D eigenvalue weighted by atomic mass is 10.1. The molecule has 0 saturated heterocycles. The maximum atomic E-state index is 10.9. The van der Waals surface area contributed by atoms with E-state index >= 15 is 0 Å². The minimum absolute atomic E-state index is 0.414. The van der Waals surface area contributed by atoms with Crippen LogP contribution >= 0.6 is 0 Å². The molecule has 0 aromatic carbocycles. The lowest BCUT2D eigenvalue weighted by molar-refractivity contribution is 0.0999. The van der Waals surface area contributed by atoms with E-state index in [4.69, 9.17) is 5.73 Å². The van der Waals surface area contributed by atoms with Crippen LogP contribution in [0.3, 0.4) is 0 Å². The highest BCUT2D eigenvalue weighted by Crippen LogP contribution is 2.10. The molecule has 3 heteroatoms. The third-order valence-electron chi connectivity index (χ3n) is 1.92. The molecule has 3 nitrogen and oxygen atoms in total. The van der Waals surface area contributed by atoms with Gasteiger partial charge in [0.05, 0.1) is 11.3 Å². The Morgan fingerprint density at radius 1 is 1.33 bits per heavy atom. The summed E-state index contributed by atoms with van der Waals surface area (Å²) in [5.74, 6) is -0.414. The Kier molecular flexibility index (Phi) is 2.13. The summed E-state index contributed by atoms with van der Waals surface area (Å²) in [7, 11) is 0. The van der Waals surface area contributed by atoms with E-state index in [0.29, 0.717) is 11.3 Å². The van der Waals surface area contributed by atoms with Crippen molar-refractivity contribution in [3.05, 3.63) is 28.6 Å². The molecule has 1 rings (SSSR count). The minimum Gasteiger partial charge on any atom is -0.366 e. The van der Waals surface area contributed by atoms with Crippen LogP contribution in [0.1, 0.15) is 27.3 Å². The molecule has 0 unspecified atom stereocenters. The number of primary amides is 1. The summed E-state index contributed by atoms with van der Waals surface area (Å²) in [6.45, 7) is 5.61. The lowest BCUT2D eigenvalue weighted by Gasteiger charge is -2.04. The largest absolute Gasteiger partial charge is 0.366 e. The fourth-order valence-corrected chi connectivity index (χ4v) is 1.07. The number of hydrogen-bond acceptors (Lipinski definition) is 2. The second-order valence-electron chi connectivity index (χ2n) is 2.89. The first-order chi connectivity index (χ1) is 5.52. The maximum Gasteiger partial charge on any atom is 0.250 e. The fourth-order valence-electron chi connectivity index (χ4n) is 1.07. The number of nitrogens with zero attached hydrogens (tertiary/aromatic N) is 1. The number of carbonyl (C=O) groups is 1. The molecule has 0 radical (unpaired) electrons. The monoisotopic (exact) mass is 164 g/mol. The standard InChI is InChI=1S/C9H12N2O/c1-5-4-8(9(10)12)7(3)11-6(5)2/h4H,1-3H3,(H2,10,12). The highest BCUT2D eigenvalue weighted by Gasteiger charge is 2.07. The normalized spacial score (nSPS) is 9.92. The Morgan fingerprint density at radius 3 is 2.42 bits per heavy atom. The van der Waals surface area contributed by atoms with Gasteiger partial charge in [0, 0.05) is 5.69 Å². The Labute approximate surface area is 71.6 Å². The van der Waals surface area contributed by atoms with Crippen molar-refractivity contribution < 1.29 is 4.79 Å². The number of aromatic nitrogens is 1. The minimum atomic E-state index is -0.414. The van der Waals surface area contributed by atoms with Gasteiger partial charge in [0.1, 0.15) is 0 Å². The molecule has 0 atom stereocenters. The predicted molar refractivity (Wildman–Crippen MR) is 47.0 cm³/mol. The summed E-state index contributed by atoms with van der Waals surface area (Å²) in [6.07, 6.45) is 0. The smallest absolute Gasteiger partial charge is 0.250 e. The van der Waals surface area contributed by atoms with Crippen LogP contribution in [0.5, 0.6) is 0 Å². The van der Waals surface area contributed by atoms with E-state index in [1.54, 1.807) is 13.0 Å². The van der Waals surface area contributed by atoms with Gasteiger partial charge in [-0.15, -0.1) is 0 Å². The lowest BCUT2D eigenvalue weighted by Crippen LogP contribution is -2.14. The summed E-state index contributed by atoms with van der Waals surface area (Å²) in [6, 6.07) is 1.78. The van der Waals surface area contributed by atoms with Gasteiger partial charge in [-0.25, -0.2) is 0 Å². The summed E-state index contributed by atoms with van der Waals surface area (Å²) in [4.78, 5) is 15.1. The molecule has 1 amide bonds. The number of nitrogens with two attached hydrogens (primary N) is 1. The Bertz CT molecular complexity index is 332. The van der Waals surface area contributed by atoms with Gasteiger partial charge in [0.25, 0.3) is 5.91 Å². The molecule has 1 aromatic rings. The van der Waals surface area contributed by atoms with Gasteiger partial charge in [-0.3, -0.25) is 9.78 Å². The van der Waals surface area contributed by atoms with Crippen LogP contribution in [0.15, 0.2) is 6.07 Å². The van der Waals surface area contributed by atoms with E-state index < -0.39 is 5.91 Å². The van der Waals surface area contributed by atoms with Gasteiger partial charge < -0.3 is 5.73 Å². The van der Waals surface area contributed by atoms with Crippen molar-refractivity contribution in [3.63, 3.8) is 0 Å². The van der Waals surface area contributed by atoms with Gasteiger partial charge in [0.2, 0.25) is 0 Å². The van der Waals surface area contributed by atoms with E-state index in [9.17, 15) is 4.79 Å². The van der Waals surface area contributed by atoms with Gasteiger partial charge in [-0.05, 0) is 32.4 Å². The topological polar surface area (TPSA) is 56.0 Å². The number of rotatable bonds is 1. The van der Waals surface area contributed by atoms with Crippen LogP contribution in [-0.4, -0.2) is 10.9 Å². The SMILES string of the molecule is Cc1cc(C(N)=O)c(C)nc1C. The fraction of sp³-hybridized carbons (Fsp3) is 0.333. The molecule has 2 N–H and O–H groups in total. The molecule has 0 saturated carbocycles. The molecule has 0 bridgehead atoms. The second-order valence-corrected chi connectivity index (χ2v) is 2.89. The average Bonchev–Trinajstić information content (AvgIpc) is 1.96. The molecule has 0 aliphatic carbocycles. The third kappa shape index (κ3) is 1.44. The highest BCUT2D eigenvalue weighted by molar-refractivity contribution is 5.94. The van der Waals surface area contributed by atoms with Crippen LogP contribution in [-0.2, 0) is 0 Å². The quantitative estimate of drug-likeness (QED) is 0.675. The van der Waals surface area contributed by atoms with Crippen LogP contribution in [0.4, 0.5) is 0 Å². The first kappa shape index (κ1) is 8.71. The van der Waals surface area contributed by atoms with E-state index in [0.717, 1.165) is 11.3 Å². The van der Waals surface area contributed by atoms with E-state index in [2.05, 4.69) is 4.98 Å². The van der Waals surface area contributed by atoms with Crippen molar-refractivity contribution in [3.8, 4) is 0 Å². The van der Waals surface area contributed by atoms with Gasteiger partial charge in [-0.1, -0.05) is 0 Å². The molecule has 1 aromatic heterocycles. The molecule has 64 valence electrons. The van der Waals surface area contributed by atoms with Gasteiger partial charge >= 0.3 is 0 Å². The van der Waals surface area contributed by atoms with Crippen LogP contribution in [0, 0.1) is 20.8 Å². The molecule has 0 fully saturated rings. The first-order valence-corrected chi connectivity index (χ1v) is 3.77. The highest BCUT2D eigenvalue weighted by atomic mass is 16.1. The van der Waals surface area contributed by atoms with E-state index in [1.807, 2.05) is 13.8 Å². The Hall–Kier alpha value is -1.38. The van der Waals surface area contributed by atoms with Crippen molar-refractivity contribution in [2.75, 3.05) is 0 Å². The van der Waals surface area contributed by atoms with Crippen LogP contribution < -0.4 is 5.73 Å². The zero-order chi connectivity index (χ0) is 9.30. The molecule has 0 aliphatic heterocycles. The summed E-state index contributed by atoms with van der Waals surface area (Å²) in [5, 5.41) is 0. The summed E-state index contributed by atoms with van der Waals surface area (Å²) >= 11 is 0. The summed E-state index contributed by atoms with van der Waals surface area (Å²) < 4.78 is 0. The van der Waals surface area contributed by atoms with Crippen molar-refractivity contribution in [2.24, 2.45) is 5.73 Å². The van der Waals surface area contributed by atoms with Gasteiger partial charge in [-0.2, -0.15) is 0 Å². The van der Waals surface area contributed by atoms with Crippen molar-refractivity contribution in [2.45, 2.75) is 20.8 Å². The molecular formula is C9H12N2O. The second kappa shape index (κ2) is 2.93. The summed E-state index contributed by atoms with van der Waals surface area (Å²) in [5.41, 5.74) is 8.30. The van der Waals surface area contributed by atoms with Crippen LogP contribution in [0.25, 0.3) is 0 Å². The zero-order valence-corrected chi connectivity index (χ0v) is 7.51. The number of hydrogen-bond donors (Lipinski definition) is 1. The number of carbonyl (C=O) groups excluding carboxylic acids is 1. The average molecular weight is 164 g/mol. The van der Waals surface area contributed by atoms with Crippen molar-refractivity contribution in [1.29, 1.82) is 0 Å². The molecule has 1 heterocycles. The molecule has 12 heavy (non-hydrogen) atoms. The molecule has 0 spiro atoms. The number of amides is 1. The van der Waals surface area contributed by atoms with Gasteiger partial charge in [0.15, 0.2) is 0 Å². The van der Waals surface area contributed by atoms with Crippen molar-refractivity contribution >= 4 is 5.91 Å². The zero-order valence-electron chi connectivity index (χ0n) is 7.51. The predicted octanol–water partition coefficient (Wildman–Crippen LogP) is 1.11. The number of aryl methyl sites for hydroxylation is 3. The van der Waals surface area contributed by atoms with Crippen molar-refractivity contribution in [1.82, 2.24) is 4.98 Å². The van der Waals surface area contributed by atoms with Crippen LogP contribution in [0.2, 0.25) is 0 Å². The Balaban J connectivity index is 3.33. The Morgan fingerprint density at radius 2 is 1.92 bits per heavy atom. The maximum absolute atomic E-state index is 10.9. The third-order valence-corrected chi connectivity index (χ3v) is 1.92. The molecular weight excluding hydrogens is 152 g/mol. The first-order valence-electron chi connectivity index (χ1n) is 3.77. The number of pyridine rings is 1. The van der Waals surface area contributed by atoms with E-state index in [1.165, 1.54) is 0 Å². The molecule has 0 aliphatic rings.